The van der Waals surface area contributed by atoms with Gasteiger partial charge in [-0.3, -0.25) is 9.59 Å². The second-order valence-electron chi connectivity index (χ2n) is 14.4. The highest BCUT2D eigenvalue weighted by molar-refractivity contribution is 5.91. The van der Waals surface area contributed by atoms with Gasteiger partial charge in [-0.15, -0.1) is 0 Å². The van der Waals surface area contributed by atoms with E-state index in [-0.39, 0.29) is 41.2 Å². The predicted molar refractivity (Wildman–Crippen MR) is 186 cm³/mol. The normalized spacial score (nSPS) is 18.7. The zero-order valence-electron chi connectivity index (χ0n) is 30.0. The quantitative estimate of drug-likeness (QED) is 0.227. The molecule has 12 heteroatoms. The van der Waals surface area contributed by atoms with Gasteiger partial charge in [0.2, 0.25) is 11.8 Å². The summed E-state index contributed by atoms with van der Waals surface area (Å²) in [5.41, 5.74) is 0.209. The first-order valence-electron chi connectivity index (χ1n) is 17.2. The van der Waals surface area contributed by atoms with Gasteiger partial charge >= 0.3 is 6.09 Å². The second-order valence-corrected chi connectivity index (χ2v) is 14.4. The van der Waals surface area contributed by atoms with Gasteiger partial charge in [-0.1, -0.05) is 51.3 Å². The van der Waals surface area contributed by atoms with Gasteiger partial charge in [0.1, 0.15) is 29.2 Å². The van der Waals surface area contributed by atoms with E-state index < -0.39 is 35.3 Å². The summed E-state index contributed by atoms with van der Waals surface area (Å²) in [6.07, 6.45) is 3.33. The molecule has 0 saturated carbocycles. The minimum Gasteiger partial charge on any atom is -0.475 e. The number of benzene rings is 1. The fraction of sp³-hybridized carbons (Fsp3) is 0.526. The van der Waals surface area contributed by atoms with Crippen molar-refractivity contribution in [3.63, 3.8) is 0 Å². The van der Waals surface area contributed by atoms with Gasteiger partial charge in [-0.25, -0.2) is 13.6 Å². The largest absolute Gasteiger partial charge is 0.475 e. The van der Waals surface area contributed by atoms with Crippen LogP contribution in [-0.2, 0) is 14.3 Å². The number of hydrogen-bond donors (Lipinski definition) is 1. The standard InChI is InChI=1S/C38H50F2N4O6/c1-9-29(40)34(24(4)39)28-14-12-27(13-15-28)25(5)41-35(45)30-11-10-18-44(30)36(46)33(23(2)3)31-21-32(42-50-31)48-22-26-16-19-43(20-17-26)37(47)49-38(6,7)8/h9,12-15,21,23,25-26,30,33H,1,4,10-11,16-20,22H2,2-3,5-8H3,(H,41,45)/b34-29-. The Morgan fingerprint density at radius 2 is 1.74 bits per heavy atom. The Morgan fingerprint density at radius 3 is 2.32 bits per heavy atom. The molecular formula is C38H50F2N4O6. The van der Waals surface area contributed by atoms with Crippen molar-refractivity contribution in [2.24, 2.45) is 11.8 Å². The van der Waals surface area contributed by atoms with Crippen molar-refractivity contribution in [2.45, 2.75) is 90.8 Å². The molecule has 0 radical (unpaired) electrons. The third-order valence-corrected chi connectivity index (χ3v) is 9.07. The molecule has 2 aliphatic heterocycles. The molecule has 3 unspecified atom stereocenters. The Hall–Kier alpha value is -4.48. The minimum atomic E-state index is -0.912. The minimum absolute atomic E-state index is 0.146. The lowest BCUT2D eigenvalue weighted by atomic mass is 9.91. The van der Waals surface area contributed by atoms with Gasteiger partial charge in [-0.2, -0.15) is 0 Å². The molecule has 0 spiro atoms. The van der Waals surface area contributed by atoms with Crippen molar-refractivity contribution < 1.29 is 37.2 Å². The molecule has 10 nitrogen and oxygen atoms in total. The van der Waals surface area contributed by atoms with Gasteiger partial charge in [0.15, 0.2) is 5.76 Å². The smallest absolute Gasteiger partial charge is 0.410 e. The van der Waals surface area contributed by atoms with E-state index in [0.29, 0.717) is 50.4 Å². The Morgan fingerprint density at radius 1 is 1.08 bits per heavy atom. The van der Waals surface area contributed by atoms with Crippen molar-refractivity contribution in [2.75, 3.05) is 26.2 Å². The zero-order chi connectivity index (χ0) is 36.7. The molecule has 3 atom stereocenters. The lowest BCUT2D eigenvalue weighted by Gasteiger charge is -2.33. The van der Waals surface area contributed by atoms with Crippen molar-refractivity contribution >= 4 is 23.5 Å². The summed E-state index contributed by atoms with van der Waals surface area (Å²) in [4.78, 5) is 43.2. The first-order valence-corrected chi connectivity index (χ1v) is 17.2. The highest BCUT2D eigenvalue weighted by Gasteiger charge is 2.40. The molecule has 50 heavy (non-hydrogen) atoms. The summed E-state index contributed by atoms with van der Waals surface area (Å²) >= 11 is 0. The lowest BCUT2D eigenvalue weighted by Crippen LogP contribution is -2.48. The maximum Gasteiger partial charge on any atom is 0.410 e. The molecule has 2 saturated heterocycles. The molecule has 3 heterocycles. The molecule has 1 aromatic carbocycles. The average molecular weight is 697 g/mol. The Bertz CT molecular complexity index is 1570. The van der Waals surface area contributed by atoms with E-state index in [9.17, 15) is 23.2 Å². The molecular weight excluding hydrogens is 646 g/mol. The highest BCUT2D eigenvalue weighted by atomic mass is 19.1. The number of rotatable bonds is 12. The Labute approximate surface area is 293 Å². The molecule has 1 N–H and O–H groups in total. The number of halogens is 2. The van der Waals surface area contributed by atoms with Crippen LogP contribution in [0.15, 0.2) is 65.7 Å². The van der Waals surface area contributed by atoms with Crippen molar-refractivity contribution in [1.29, 1.82) is 0 Å². The van der Waals surface area contributed by atoms with E-state index >= 15 is 0 Å². The monoisotopic (exact) mass is 696 g/mol. The SMILES string of the molecule is C=C/C(F)=C(\C(=C)F)c1ccc(C(C)NC(=O)C2CCCN2C(=O)C(c2cc(OCC3CCN(C(=O)OC(C)(C)C)CC3)no2)C(C)C)cc1. The lowest BCUT2D eigenvalue weighted by molar-refractivity contribution is -0.141. The first-order chi connectivity index (χ1) is 23.6. The third kappa shape index (κ3) is 9.60. The van der Waals surface area contributed by atoms with Crippen LogP contribution in [0.25, 0.3) is 5.57 Å². The van der Waals surface area contributed by atoms with Crippen LogP contribution in [0.1, 0.15) is 96.1 Å². The van der Waals surface area contributed by atoms with E-state index in [1.165, 1.54) is 0 Å². The number of ether oxygens (including phenoxy) is 2. The number of nitrogens with zero attached hydrogens (tertiary/aromatic N) is 3. The Kier molecular flexibility index (Phi) is 12.6. The molecule has 0 aliphatic carbocycles. The summed E-state index contributed by atoms with van der Waals surface area (Å²) in [5, 5.41) is 7.07. The summed E-state index contributed by atoms with van der Waals surface area (Å²) in [6, 6.07) is 7.04. The number of piperidine rings is 1. The fourth-order valence-electron chi connectivity index (χ4n) is 6.37. The fourth-order valence-corrected chi connectivity index (χ4v) is 6.37. The van der Waals surface area contributed by atoms with Gasteiger partial charge in [0.05, 0.1) is 18.2 Å². The van der Waals surface area contributed by atoms with Crippen molar-refractivity contribution in [1.82, 2.24) is 20.3 Å². The second kappa shape index (κ2) is 16.5. The molecule has 3 amide bonds. The number of carbonyl (C=O) groups excluding carboxylic acids is 3. The maximum absolute atomic E-state index is 14.2. The van der Waals surface area contributed by atoms with Crippen LogP contribution in [0.5, 0.6) is 5.88 Å². The average Bonchev–Trinajstić information content (AvgIpc) is 3.74. The molecule has 1 aromatic heterocycles. The van der Waals surface area contributed by atoms with E-state index in [0.717, 1.165) is 24.5 Å². The first kappa shape index (κ1) is 38.3. The summed E-state index contributed by atoms with van der Waals surface area (Å²) in [7, 11) is 0. The number of allylic oxidation sites excluding steroid dienone is 4. The van der Waals surface area contributed by atoms with Gasteiger partial charge < -0.3 is 29.1 Å². The number of aromatic nitrogens is 1. The van der Waals surface area contributed by atoms with E-state index in [4.69, 9.17) is 14.0 Å². The van der Waals surface area contributed by atoms with Gasteiger partial charge in [0.25, 0.3) is 5.88 Å². The molecule has 2 aromatic rings. The number of nitrogens with one attached hydrogen (secondary N) is 1. The maximum atomic E-state index is 14.2. The number of likely N-dealkylation sites (tertiary alicyclic amines) is 2. The van der Waals surface area contributed by atoms with Crippen LogP contribution >= 0.6 is 0 Å². The van der Waals surface area contributed by atoms with E-state index in [1.54, 1.807) is 47.1 Å². The van der Waals surface area contributed by atoms with Crippen LogP contribution in [0.3, 0.4) is 0 Å². The summed E-state index contributed by atoms with van der Waals surface area (Å²) in [6.45, 7) is 19.8. The van der Waals surface area contributed by atoms with Crippen LogP contribution in [-0.4, -0.2) is 70.7 Å². The van der Waals surface area contributed by atoms with Crippen LogP contribution in [0.2, 0.25) is 0 Å². The number of hydrogen-bond acceptors (Lipinski definition) is 7. The van der Waals surface area contributed by atoms with Crippen LogP contribution < -0.4 is 10.1 Å². The molecule has 2 aliphatic rings. The molecule has 272 valence electrons. The van der Waals surface area contributed by atoms with E-state index in [2.05, 4.69) is 23.6 Å². The van der Waals surface area contributed by atoms with Crippen LogP contribution in [0, 0.1) is 11.8 Å². The van der Waals surface area contributed by atoms with Crippen LogP contribution in [0.4, 0.5) is 13.6 Å². The predicted octanol–water partition coefficient (Wildman–Crippen LogP) is 7.66. The van der Waals surface area contributed by atoms with Crippen molar-refractivity contribution in [3.05, 3.63) is 78.1 Å². The van der Waals surface area contributed by atoms with Gasteiger partial charge in [-0.05, 0) is 87.6 Å². The summed E-state index contributed by atoms with van der Waals surface area (Å²) in [5.74, 6) is -2.17. The molecule has 4 rings (SSSR count). The number of amides is 3. The summed E-state index contributed by atoms with van der Waals surface area (Å²) < 4.78 is 45.2. The molecule has 0 bridgehead atoms. The molecule has 2 fully saturated rings. The Balaban J connectivity index is 1.34. The van der Waals surface area contributed by atoms with E-state index in [1.807, 2.05) is 34.6 Å². The highest BCUT2D eigenvalue weighted by Crippen LogP contribution is 2.33. The topological polar surface area (TPSA) is 114 Å². The third-order valence-electron chi connectivity index (χ3n) is 9.07. The van der Waals surface area contributed by atoms with Crippen molar-refractivity contribution in [3.8, 4) is 5.88 Å². The van der Waals surface area contributed by atoms with Gasteiger partial charge in [0, 0.05) is 25.7 Å². The zero-order valence-corrected chi connectivity index (χ0v) is 30.0. The number of carbonyl (C=O) groups is 3.